The van der Waals surface area contributed by atoms with Gasteiger partial charge in [0.15, 0.2) is 0 Å². The van der Waals surface area contributed by atoms with E-state index in [2.05, 4.69) is 15.2 Å². The van der Waals surface area contributed by atoms with E-state index >= 15 is 0 Å². The number of nitrogens with two attached hydrogens (primary N) is 1. The Bertz CT molecular complexity index is 302. The fourth-order valence-corrected chi connectivity index (χ4v) is 1.67. The fraction of sp³-hybridized carbons (Fsp3) is 0.571. The van der Waals surface area contributed by atoms with Crippen LogP contribution in [0.2, 0.25) is 0 Å². The summed E-state index contributed by atoms with van der Waals surface area (Å²) in [5.41, 5.74) is 5.33. The van der Waals surface area contributed by atoms with Gasteiger partial charge < -0.3 is 10.8 Å². The summed E-state index contributed by atoms with van der Waals surface area (Å²) in [7, 11) is 0. The van der Waals surface area contributed by atoms with Crippen molar-refractivity contribution in [2.24, 2.45) is 0 Å². The number of hydrogen-bond donors (Lipinski definition) is 3. The first-order valence-corrected chi connectivity index (χ1v) is 5.19. The van der Waals surface area contributed by atoms with E-state index < -0.39 is 5.97 Å². The predicted molar refractivity (Wildman–Crippen MR) is 53.0 cm³/mol. The van der Waals surface area contributed by atoms with Crippen molar-refractivity contribution in [1.82, 2.24) is 15.2 Å². The highest BCUT2D eigenvalue weighted by Gasteiger charge is 2.01. The third kappa shape index (κ3) is 4.13. The van der Waals surface area contributed by atoms with E-state index in [0.717, 1.165) is 12.2 Å². The maximum absolute atomic E-state index is 10.2. The summed E-state index contributed by atoms with van der Waals surface area (Å²) in [6, 6.07) is 0. The lowest BCUT2D eigenvalue weighted by Gasteiger charge is -1.95. The molecule has 0 radical (unpaired) electrons. The van der Waals surface area contributed by atoms with Crippen LogP contribution in [0.4, 0.5) is 5.95 Å². The number of thioether (sulfide) groups is 1. The van der Waals surface area contributed by atoms with Crippen molar-refractivity contribution in [3.8, 4) is 0 Å². The number of nitrogens with one attached hydrogen (secondary N) is 1. The fourth-order valence-electron chi connectivity index (χ4n) is 0.864. The first-order chi connectivity index (χ1) is 6.68. The molecule has 7 heteroatoms. The van der Waals surface area contributed by atoms with Gasteiger partial charge in [-0.05, 0) is 12.8 Å². The molecule has 14 heavy (non-hydrogen) atoms. The number of aromatic nitrogens is 3. The molecular formula is C7H12N4O2S. The smallest absolute Gasteiger partial charge is 0.303 e. The van der Waals surface area contributed by atoms with E-state index in [4.69, 9.17) is 10.8 Å². The monoisotopic (exact) mass is 216 g/mol. The number of carboxylic acid groups (broad SMARTS) is 1. The predicted octanol–water partition coefficient (Wildman–Crippen LogP) is 0.734. The molecule has 0 unspecified atom stereocenters. The quantitative estimate of drug-likeness (QED) is 0.478. The van der Waals surface area contributed by atoms with E-state index in [1.54, 1.807) is 0 Å². The summed E-state index contributed by atoms with van der Waals surface area (Å²) in [4.78, 5) is 14.1. The summed E-state index contributed by atoms with van der Waals surface area (Å²) in [6.07, 6.45) is 1.74. The lowest BCUT2D eigenvalue weighted by atomic mass is 10.3. The van der Waals surface area contributed by atoms with Crippen LogP contribution in [0.15, 0.2) is 5.16 Å². The van der Waals surface area contributed by atoms with Gasteiger partial charge in [0.2, 0.25) is 11.1 Å². The second-order valence-electron chi connectivity index (χ2n) is 2.70. The molecule has 0 atom stereocenters. The third-order valence-electron chi connectivity index (χ3n) is 1.50. The van der Waals surface area contributed by atoms with Gasteiger partial charge in [-0.1, -0.05) is 11.8 Å². The van der Waals surface area contributed by atoms with Crippen molar-refractivity contribution >= 4 is 23.7 Å². The molecule has 0 aromatic carbocycles. The minimum absolute atomic E-state index is 0.219. The van der Waals surface area contributed by atoms with Gasteiger partial charge >= 0.3 is 5.97 Å². The lowest BCUT2D eigenvalue weighted by Crippen LogP contribution is -1.94. The highest BCUT2D eigenvalue weighted by Crippen LogP contribution is 2.14. The zero-order valence-corrected chi connectivity index (χ0v) is 8.38. The Hall–Kier alpha value is -1.24. The number of rotatable bonds is 6. The molecule has 0 fully saturated rings. The summed E-state index contributed by atoms with van der Waals surface area (Å²) in [5.74, 6) is 0.361. The number of carbonyl (C=O) groups is 1. The molecule has 0 saturated carbocycles. The molecule has 0 aliphatic rings. The van der Waals surface area contributed by atoms with E-state index in [-0.39, 0.29) is 6.42 Å². The molecule has 0 spiro atoms. The van der Waals surface area contributed by atoms with Crippen molar-refractivity contribution in [3.63, 3.8) is 0 Å². The zero-order valence-electron chi connectivity index (χ0n) is 7.56. The number of nitrogen functional groups attached to an aromatic ring is 1. The van der Waals surface area contributed by atoms with Gasteiger partial charge in [0.25, 0.3) is 0 Å². The average Bonchev–Trinajstić information content (AvgIpc) is 2.50. The van der Waals surface area contributed by atoms with Crippen LogP contribution in [0.25, 0.3) is 0 Å². The molecule has 4 N–H and O–H groups in total. The van der Waals surface area contributed by atoms with Crippen molar-refractivity contribution in [3.05, 3.63) is 0 Å². The molecule has 1 aromatic heterocycles. The maximum Gasteiger partial charge on any atom is 0.303 e. The van der Waals surface area contributed by atoms with E-state index in [0.29, 0.717) is 17.5 Å². The second-order valence-corrected chi connectivity index (χ2v) is 3.76. The van der Waals surface area contributed by atoms with Gasteiger partial charge in [-0.3, -0.25) is 4.79 Å². The number of unbranched alkanes of at least 4 members (excludes halogenated alkanes) is 1. The Labute approximate surface area is 85.3 Å². The molecule has 0 amide bonds. The SMILES string of the molecule is Nc1nc(SCCCCC(=O)O)n[nH]1. The maximum atomic E-state index is 10.2. The number of anilines is 1. The molecule has 1 rings (SSSR count). The Morgan fingerprint density at radius 3 is 2.93 bits per heavy atom. The molecular weight excluding hydrogens is 204 g/mol. The summed E-state index contributed by atoms with van der Waals surface area (Å²) < 4.78 is 0. The van der Waals surface area contributed by atoms with Gasteiger partial charge in [-0.15, -0.1) is 5.10 Å². The van der Waals surface area contributed by atoms with Crippen LogP contribution in [0.3, 0.4) is 0 Å². The van der Waals surface area contributed by atoms with Crippen LogP contribution in [-0.4, -0.2) is 32.0 Å². The van der Waals surface area contributed by atoms with Crippen molar-refractivity contribution in [2.45, 2.75) is 24.4 Å². The first kappa shape index (κ1) is 10.8. The number of aromatic amines is 1. The molecule has 0 aliphatic carbocycles. The van der Waals surface area contributed by atoms with Gasteiger partial charge in [-0.25, -0.2) is 5.10 Å². The van der Waals surface area contributed by atoms with E-state index in [1.807, 2.05) is 0 Å². The first-order valence-electron chi connectivity index (χ1n) is 4.21. The summed E-state index contributed by atoms with van der Waals surface area (Å²) in [5, 5.41) is 15.4. The van der Waals surface area contributed by atoms with Crippen LogP contribution in [0.5, 0.6) is 0 Å². The highest BCUT2D eigenvalue weighted by molar-refractivity contribution is 7.99. The molecule has 78 valence electrons. The Morgan fingerprint density at radius 1 is 1.57 bits per heavy atom. The summed E-state index contributed by atoms with van der Waals surface area (Å²) in [6.45, 7) is 0. The topological polar surface area (TPSA) is 105 Å². The summed E-state index contributed by atoms with van der Waals surface area (Å²) >= 11 is 1.47. The second kappa shape index (κ2) is 5.48. The van der Waals surface area contributed by atoms with Gasteiger partial charge in [0.1, 0.15) is 0 Å². The van der Waals surface area contributed by atoms with Gasteiger partial charge in [-0.2, -0.15) is 4.98 Å². The van der Waals surface area contributed by atoms with Crippen molar-refractivity contribution < 1.29 is 9.90 Å². The minimum Gasteiger partial charge on any atom is -0.481 e. The van der Waals surface area contributed by atoms with Gasteiger partial charge in [0, 0.05) is 12.2 Å². The molecule has 1 aromatic rings. The van der Waals surface area contributed by atoms with Crippen LogP contribution >= 0.6 is 11.8 Å². The van der Waals surface area contributed by atoms with Crippen molar-refractivity contribution in [1.29, 1.82) is 0 Å². The van der Waals surface area contributed by atoms with E-state index in [1.165, 1.54) is 11.8 Å². The minimum atomic E-state index is -0.753. The molecule has 0 bridgehead atoms. The van der Waals surface area contributed by atoms with Crippen LogP contribution in [0.1, 0.15) is 19.3 Å². The highest BCUT2D eigenvalue weighted by atomic mass is 32.2. The normalized spacial score (nSPS) is 10.3. The molecule has 0 saturated heterocycles. The molecule has 6 nitrogen and oxygen atoms in total. The third-order valence-corrected chi connectivity index (χ3v) is 2.43. The average molecular weight is 216 g/mol. The largest absolute Gasteiger partial charge is 0.481 e. The van der Waals surface area contributed by atoms with E-state index in [9.17, 15) is 4.79 Å². The Morgan fingerprint density at radius 2 is 2.36 bits per heavy atom. The van der Waals surface area contributed by atoms with Crippen molar-refractivity contribution in [2.75, 3.05) is 11.5 Å². The number of aliphatic carboxylic acids is 1. The zero-order chi connectivity index (χ0) is 10.4. The standard InChI is InChI=1S/C7H12N4O2S/c8-6-9-7(11-10-6)14-4-2-1-3-5(12)13/h1-4H2,(H,12,13)(H3,8,9,10,11). The number of hydrogen-bond acceptors (Lipinski definition) is 5. The lowest BCUT2D eigenvalue weighted by molar-refractivity contribution is -0.137. The Balaban J connectivity index is 2.07. The number of carboxylic acids is 1. The molecule has 0 aliphatic heterocycles. The van der Waals surface area contributed by atoms with Crippen LogP contribution in [0, 0.1) is 0 Å². The number of nitrogens with zero attached hydrogens (tertiary/aromatic N) is 2. The Kier molecular flexibility index (Phi) is 4.24. The van der Waals surface area contributed by atoms with Crippen LogP contribution < -0.4 is 5.73 Å². The number of H-pyrrole nitrogens is 1. The molecule has 1 heterocycles. The van der Waals surface area contributed by atoms with Gasteiger partial charge in [0.05, 0.1) is 0 Å². The van der Waals surface area contributed by atoms with Crippen LogP contribution in [-0.2, 0) is 4.79 Å².